The molecule has 0 saturated carbocycles. The van der Waals surface area contributed by atoms with Crippen molar-refractivity contribution in [3.05, 3.63) is 29.5 Å². The Labute approximate surface area is 155 Å². The van der Waals surface area contributed by atoms with Crippen LogP contribution in [0.25, 0.3) is 0 Å². The molecule has 2 heterocycles. The molecule has 0 unspecified atom stereocenters. The first-order chi connectivity index (χ1) is 11.3. The van der Waals surface area contributed by atoms with E-state index in [4.69, 9.17) is 9.47 Å². The summed E-state index contributed by atoms with van der Waals surface area (Å²) in [7, 11) is 3.79. The fourth-order valence-electron chi connectivity index (χ4n) is 2.53. The van der Waals surface area contributed by atoms with E-state index in [1.54, 1.807) is 13.8 Å². The van der Waals surface area contributed by atoms with Crippen LogP contribution >= 0.6 is 0 Å². The molecule has 0 saturated heterocycles. The molecule has 0 fully saturated rings. The van der Waals surface area contributed by atoms with E-state index in [1.807, 2.05) is 37.7 Å². The summed E-state index contributed by atoms with van der Waals surface area (Å²) in [6.07, 6.45) is 0. The molecule has 132 valence electrons. The van der Waals surface area contributed by atoms with Gasteiger partial charge in [-0.1, -0.05) is 0 Å². The van der Waals surface area contributed by atoms with Crippen LogP contribution in [0.3, 0.4) is 0 Å². The van der Waals surface area contributed by atoms with Crippen molar-refractivity contribution in [3.63, 3.8) is 0 Å². The molecule has 0 aromatic heterocycles. The molecule has 0 aromatic rings. The fraction of sp³-hybridized carbons (Fsp3) is 0.500. The second-order valence-electron chi connectivity index (χ2n) is 5.18. The molecule has 2 aliphatic heterocycles. The Morgan fingerprint density at radius 2 is 1.17 bits per heavy atom. The molecule has 0 amide bonds. The number of nitrogens with zero attached hydrogens (tertiary/aromatic N) is 2. The molecule has 0 aromatic carbocycles. The molecule has 2 rings (SSSR count). The van der Waals surface area contributed by atoms with E-state index in [-0.39, 0.29) is 41.9 Å². The summed E-state index contributed by atoms with van der Waals surface area (Å²) in [6.45, 7) is 8.29. The van der Waals surface area contributed by atoms with Crippen LogP contribution in [0.4, 0.5) is 0 Å². The third-order valence-corrected chi connectivity index (χ3v) is 9.09. The second-order valence-corrected chi connectivity index (χ2v) is 10.2. The van der Waals surface area contributed by atoms with E-state index < -0.39 is 0 Å². The second kappa shape index (κ2) is 7.79. The minimum absolute atomic E-state index is 0.0482. The predicted octanol–water partition coefficient (Wildman–Crippen LogP) is 1.00. The first-order valence-corrected chi connectivity index (χ1v) is 11.1. The molecular weight excluding hydrogens is 442 g/mol. The number of hydrogen-bond donors (Lipinski definition) is 0. The molecule has 0 atom stereocenters. The molecule has 0 spiro atoms. The molecule has 6 nitrogen and oxygen atoms in total. The zero-order valence-corrected chi connectivity index (χ0v) is 18.2. The number of hydrogen-bond acceptors (Lipinski definition) is 6. The summed E-state index contributed by atoms with van der Waals surface area (Å²) in [5.41, 5.74) is 1.26. The van der Waals surface area contributed by atoms with Crippen molar-refractivity contribution in [1.29, 1.82) is 0 Å². The van der Waals surface area contributed by atoms with Gasteiger partial charge < -0.3 is 0 Å². The van der Waals surface area contributed by atoms with E-state index in [0.29, 0.717) is 24.6 Å². The molecular formula is C16H22N2O4Se2. The Hall–Kier alpha value is -1.20. The van der Waals surface area contributed by atoms with E-state index in [9.17, 15) is 9.59 Å². The number of rotatable bonds is 4. The van der Waals surface area contributed by atoms with Gasteiger partial charge in [0, 0.05) is 0 Å². The quantitative estimate of drug-likeness (QED) is 0.457. The SMILES string of the molecule is CCOC(=O)C1=C(C)[Se]/C(=C2\[Se]C(C)=C(C(=O)OCC)N2C)N1C. The van der Waals surface area contributed by atoms with Crippen LogP contribution in [0.1, 0.15) is 27.7 Å². The van der Waals surface area contributed by atoms with Crippen LogP contribution < -0.4 is 0 Å². The number of likely N-dealkylation sites (N-methyl/N-ethyl adjacent to an activating group) is 2. The molecule has 8 heteroatoms. The van der Waals surface area contributed by atoms with Crippen molar-refractivity contribution < 1.29 is 19.1 Å². The Morgan fingerprint density at radius 3 is 1.46 bits per heavy atom. The molecule has 0 bridgehead atoms. The predicted molar refractivity (Wildman–Crippen MR) is 92.7 cm³/mol. The molecule has 0 aliphatic carbocycles. The fourth-order valence-corrected chi connectivity index (χ4v) is 7.89. The number of ether oxygens (including phenoxy) is 2. The molecule has 2 aliphatic rings. The average Bonchev–Trinajstić information content (AvgIpc) is 2.95. The van der Waals surface area contributed by atoms with Crippen LogP contribution in [0.15, 0.2) is 29.5 Å². The van der Waals surface area contributed by atoms with Gasteiger partial charge in [0.2, 0.25) is 0 Å². The van der Waals surface area contributed by atoms with Crippen molar-refractivity contribution in [2.45, 2.75) is 27.7 Å². The van der Waals surface area contributed by atoms with Crippen molar-refractivity contribution >= 4 is 41.9 Å². The number of esters is 2. The molecule has 0 radical (unpaired) electrons. The van der Waals surface area contributed by atoms with Crippen LogP contribution in [0, 0.1) is 0 Å². The van der Waals surface area contributed by atoms with Crippen molar-refractivity contribution in [1.82, 2.24) is 9.80 Å². The Bertz CT molecular complexity index is 611. The first kappa shape index (κ1) is 19.1. The van der Waals surface area contributed by atoms with Crippen LogP contribution in [0.5, 0.6) is 0 Å². The van der Waals surface area contributed by atoms with Gasteiger partial charge in [-0.25, -0.2) is 0 Å². The van der Waals surface area contributed by atoms with Gasteiger partial charge in [-0.05, 0) is 0 Å². The Morgan fingerprint density at radius 1 is 0.833 bits per heavy atom. The van der Waals surface area contributed by atoms with E-state index >= 15 is 0 Å². The van der Waals surface area contributed by atoms with Gasteiger partial charge in [-0.15, -0.1) is 0 Å². The van der Waals surface area contributed by atoms with Crippen molar-refractivity contribution in [3.8, 4) is 0 Å². The van der Waals surface area contributed by atoms with Crippen molar-refractivity contribution in [2.24, 2.45) is 0 Å². The first-order valence-electron chi connectivity index (χ1n) is 7.66. The maximum atomic E-state index is 12.2. The molecule has 0 N–H and O–H groups in total. The van der Waals surface area contributed by atoms with Gasteiger partial charge in [-0.3, -0.25) is 0 Å². The van der Waals surface area contributed by atoms with Gasteiger partial charge >= 0.3 is 155 Å². The zero-order valence-electron chi connectivity index (χ0n) is 14.8. The maximum absolute atomic E-state index is 12.2. The minimum atomic E-state index is -0.279. The van der Waals surface area contributed by atoms with Gasteiger partial charge in [-0.2, -0.15) is 0 Å². The summed E-state index contributed by atoms with van der Waals surface area (Å²) < 4.78 is 14.7. The summed E-state index contributed by atoms with van der Waals surface area (Å²) in [5.74, 6) is -0.558. The van der Waals surface area contributed by atoms with Crippen LogP contribution in [-0.2, 0) is 19.1 Å². The van der Waals surface area contributed by atoms with E-state index in [2.05, 4.69) is 0 Å². The topological polar surface area (TPSA) is 59.1 Å². The monoisotopic (exact) mass is 466 g/mol. The normalized spacial score (nSPS) is 21.1. The van der Waals surface area contributed by atoms with Crippen molar-refractivity contribution in [2.75, 3.05) is 27.3 Å². The van der Waals surface area contributed by atoms with E-state index in [1.165, 1.54) is 0 Å². The Balaban J connectivity index is 2.30. The summed E-state index contributed by atoms with van der Waals surface area (Å²) in [4.78, 5) is 28.3. The van der Waals surface area contributed by atoms with E-state index in [0.717, 1.165) is 18.1 Å². The van der Waals surface area contributed by atoms with Gasteiger partial charge in [0.05, 0.1) is 0 Å². The van der Waals surface area contributed by atoms with Gasteiger partial charge in [0.1, 0.15) is 0 Å². The average molecular weight is 464 g/mol. The van der Waals surface area contributed by atoms with Gasteiger partial charge in [0.25, 0.3) is 0 Å². The summed E-state index contributed by atoms with van der Waals surface area (Å²) in [5, 5.41) is 0. The number of carbonyl (C=O) groups excluding carboxylic acids is 2. The number of carbonyl (C=O) groups is 2. The summed E-state index contributed by atoms with van der Waals surface area (Å²) in [6, 6.07) is 0. The Kier molecular flexibility index (Phi) is 6.21. The van der Waals surface area contributed by atoms with Gasteiger partial charge in [0.15, 0.2) is 0 Å². The number of allylic oxidation sites excluding steroid dienone is 2. The van der Waals surface area contributed by atoms with Crippen LogP contribution in [0.2, 0.25) is 0 Å². The zero-order chi connectivity index (χ0) is 18.0. The standard InChI is InChI=1S/C16H22N2O4Se2/c1-7-21-15(19)11-9(3)23-13(17(11)5)14-18(6)12(10(4)24-14)16(20)22-8-2/h7-8H2,1-6H3/b14-13-. The summed E-state index contributed by atoms with van der Waals surface area (Å²) >= 11 is 0.0964. The third kappa shape index (κ3) is 3.42. The van der Waals surface area contributed by atoms with Crippen LogP contribution in [-0.4, -0.2) is 79.0 Å². The molecule has 24 heavy (non-hydrogen) atoms. The third-order valence-electron chi connectivity index (χ3n) is 3.57.